The summed E-state index contributed by atoms with van der Waals surface area (Å²) in [6.07, 6.45) is 1.38. The van der Waals surface area contributed by atoms with Crippen molar-refractivity contribution in [2.24, 2.45) is 11.7 Å². The molecule has 2 saturated heterocycles. The van der Waals surface area contributed by atoms with E-state index < -0.39 is 0 Å². The fourth-order valence-corrected chi connectivity index (χ4v) is 3.19. The molecule has 0 aromatic heterocycles. The molecular weight excluding hydrogens is 232 g/mol. The molecule has 2 N–H and O–H groups in total. The molecule has 0 saturated carbocycles. The van der Waals surface area contributed by atoms with E-state index in [1.807, 2.05) is 0 Å². The number of ether oxygens (including phenoxy) is 3. The Kier molecular flexibility index (Phi) is 4.61. The molecular formula is C13H26N2O3. The van der Waals surface area contributed by atoms with Gasteiger partial charge in [0, 0.05) is 51.9 Å². The molecule has 0 radical (unpaired) electrons. The molecule has 0 amide bonds. The molecule has 5 nitrogen and oxygen atoms in total. The molecule has 4 atom stereocenters. The number of likely N-dealkylation sites (tertiary alicyclic amines) is 1. The van der Waals surface area contributed by atoms with E-state index in [2.05, 4.69) is 11.8 Å². The van der Waals surface area contributed by atoms with Crippen molar-refractivity contribution in [1.29, 1.82) is 0 Å². The monoisotopic (exact) mass is 258 g/mol. The predicted molar refractivity (Wildman–Crippen MR) is 69.6 cm³/mol. The van der Waals surface area contributed by atoms with Crippen molar-refractivity contribution < 1.29 is 14.2 Å². The second-order valence-corrected chi connectivity index (χ2v) is 5.58. The van der Waals surface area contributed by atoms with Crippen molar-refractivity contribution in [1.82, 2.24) is 4.90 Å². The Balaban J connectivity index is 2.08. The van der Waals surface area contributed by atoms with Crippen molar-refractivity contribution in [2.45, 2.75) is 31.1 Å². The zero-order chi connectivity index (χ0) is 13.2. The summed E-state index contributed by atoms with van der Waals surface area (Å²) < 4.78 is 16.5. The summed E-state index contributed by atoms with van der Waals surface area (Å²) in [5.74, 6) is 0.510. The lowest BCUT2D eigenvalue weighted by Gasteiger charge is -2.42. The van der Waals surface area contributed by atoms with Gasteiger partial charge in [-0.3, -0.25) is 4.90 Å². The molecule has 0 aromatic rings. The van der Waals surface area contributed by atoms with Crippen LogP contribution in [0.4, 0.5) is 0 Å². The molecule has 2 aliphatic heterocycles. The third-order valence-corrected chi connectivity index (χ3v) is 4.77. The van der Waals surface area contributed by atoms with E-state index in [-0.39, 0.29) is 17.7 Å². The van der Waals surface area contributed by atoms with Crippen LogP contribution in [-0.4, -0.2) is 69.7 Å². The maximum Gasteiger partial charge on any atom is 0.0972 e. The average Bonchev–Trinajstić information content (AvgIpc) is 3.06. The van der Waals surface area contributed by atoms with Gasteiger partial charge in [-0.2, -0.15) is 0 Å². The van der Waals surface area contributed by atoms with E-state index in [4.69, 9.17) is 19.9 Å². The van der Waals surface area contributed by atoms with E-state index in [0.29, 0.717) is 12.5 Å². The Morgan fingerprint density at radius 2 is 1.89 bits per heavy atom. The third-order valence-electron chi connectivity index (χ3n) is 4.77. The summed E-state index contributed by atoms with van der Waals surface area (Å²) in [6, 6.07) is 0. The minimum Gasteiger partial charge on any atom is -0.381 e. The lowest BCUT2D eigenvalue weighted by Crippen LogP contribution is -2.56. The normalized spacial score (nSPS) is 37.0. The van der Waals surface area contributed by atoms with E-state index in [1.54, 1.807) is 14.2 Å². The average molecular weight is 258 g/mol. The summed E-state index contributed by atoms with van der Waals surface area (Å²) in [5, 5.41) is 0. The van der Waals surface area contributed by atoms with Gasteiger partial charge < -0.3 is 19.9 Å². The minimum atomic E-state index is -0.0133. The lowest BCUT2D eigenvalue weighted by molar-refractivity contribution is -0.00461. The van der Waals surface area contributed by atoms with Crippen LogP contribution in [0.1, 0.15) is 13.3 Å². The highest BCUT2D eigenvalue weighted by atomic mass is 16.5. The van der Waals surface area contributed by atoms with Crippen LogP contribution in [0, 0.1) is 5.92 Å². The van der Waals surface area contributed by atoms with Gasteiger partial charge >= 0.3 is 0 Å². The summed E-state index contributed by atoms with van der Waals surface area (Å²) in [4.78, 5) is 2.43. The van der Waals surface area contributed by atoms with E-state index >= 15 is 0 Å². The highest BCUT2D eigenvalue weighted by Crippen LogP contribution is 2.34. The number of nitrogens with two attached hydrogens (primary N) is 1. The fraction of sp³-hybridized carbons (Fsp3) is 1.00. The Morgan fingerprint density at radius 3 is 2.28 bits per heavy atom. The van der Waals surface area contributed by atoms with Gasteiger partial charge in [-0.1, -0.05) is 0 Å². The van der Waals surface area contributed by atoms with Gasteiger partial charge in [-0.15, -0.1) is 0 Å². The molecule has 18 heavy (non-hydrogen) atoms. The quantitative estimate of drug-likeness (QED) is 0.757. The first kappa shape index (κ1) is 14.2. The molecule has 4 unspecified atom stereocenters. The van der Waals surface area contributed by atoms with Gasteiger partial charge in [0.05, 0.1) is 18.8 Å². The molecule has 2 fully saturated rings. The first-order valence-electron chi connectivity index (χ1n) is 6.74. The Hall–Kier alpha value is -0.200. The smallest absolute Gasteiger partial charge is 0.0972 e. The van der Waals surface area contributed by atoms with E-state index in [1.165, 1.54) is 0 Å². The standard InChI is InChI=1S/C13H26N2O3/c1-13(9-14,10-4-5-18-8-10)15-6-11(16-2)12(7-15)17-3/h10-12H,4-9,14H2,1-3H3. The van der Waals surface area contributed by atoms with Crippen LogP contribution in [0.3, 0.4) is 0 Å². The molecule has 2 heterocycles. The first-order chi connectivity index (χ1) is 8.65. The van der Waals surface area contributed by atoms with Gasteiger partial charge in [0.25, 0.3) is 0 Å². The molecule has 2 rings (SSSR count). The van der Waals surface area contributed by atoms with Crippen molar-refractivity contribution in [2.75, 3.05) is 47.1 Å². The summed E-state index contributed by atoms with van der Waals surface area (Å²) in [5.41, 5.74) is 6.05. The molecule has 5 heteroatoms. The number of hydrogen-bond donors (Lipinski definition) is 1. The second kappa shape index (κ2) is 5.84. The van der Waals surface area contributed by atoms with Gasteiger partial charge in [0.1, 0.15) is 0 Å². The molecule has 2 aliphatic rings. The number of methoxy groups -OCH3 is 2. The van der Waals surface area contributed by atoms with Gasteiger partial charge in [0.15, 0.2) is 0 Å². The second-order valence-electron chi connectivity index (χ2n) is 5.58. The van der Waals surface area contributed by atoms with Crippen LogP contribution in [0.2, 0.25) is 0 Å². The van der Waals surface area contributed by atoms with Gasteiger partial charge in [-0.05, 0) is 13.3 Å². The Morgan fingerprint density at radius 1 is 1.28 bits per heavy atom. The Bertz CT molecular complexity index is 259. The maximum absolute atomic E-state index is 6.06. The van der Waals surface area contributed by atoms with Crippen LogP contribution in [-0.2, 0) is 14.2 Å². The molecule has 0 spiro atoms. The SMILES string of the molecule is COC1CN(C(C)(CN)C2CCOC2)CC1OC. The van der Waals surface area contributed by atoms with Crippen molar-refractivity contribution in [3.8, 4) is 0 Å². The Labute approximate surface area is 110 Å². The highest BCUT2D eigenvalue weighted by molar-refractivity contribution is 5.01. The van der Waals surface area contributed by atoms with Crippen molar-refractivity contribution >= 4 is 0 Å². The van der Waals surface area contributed by atoms with Crippen molar-refractivity contribution in [3.63, 3.8) is 0 Å². The number of nitrogens with zero attached hydrogens (tertiary/aromatic N) is 1. The zero-order valence-corrected chi connectivity index (χ0v) is 11.7. The molecule has 0 aliphatic carbocycles. The zero-order valence-electron chi connectivity index (χ0n) is 11.7. The molecule has 0 aromatic carbocycles. The first-order valence-corrected chi connectivity index (χ1v) is 6.74. The van der Waals surface area contributed by atoms with E-state index in [0.717, 1.165) is 32.7 Å². The van der Waals surface area contributed by atoms with E-state index in [9.17, 15) is 0 Å². The van der Waals surface area contributed by atoms with Crippen LogP contribution in [0.15, 0.2) is 0 Å². The summed E-state index contributed by atoms with van der Waals surface area (Å²) >= 11 is 0. The van der Waals surface area contributed by atoms with Crippen LogP contribution >= 0.6 is 0 Å². The maximum atomic E-state index is 6.06. The minimum absolute atomic E-state index is 0.0133. The molecule has 106 valence electrons. The van der Waals surface area contributed by atoms with Crippen LogP contribution in [0.25, 0.3) is 0 Å². The largest absolute Gasteiger partial charge is 0.381 e. The molecule has 0 bridgehead atoms. The van der Waals surface area contributed by atoms with Gasteiger partial charge in [-0.25, -0.2) is 0 Å². The third kappa shape index (κ3) is 2.42. The summed E-state index contributed by atoms with van der Waals surface area (Å²) in [6.45, 7) is 6.35. The number of rotatable bonds is 5. The predicted octanol–water partition coefficient (Wildman–Crippen LogP) is 0.0859. The topological polar surface area (TPSA) is 57.0 Å². The van der Waals surface area contributed by atoms with Crippen molar-refractivity contribution in [3.05, 3.63) is 0 Å². The fourth-order valence-electron chi connectivity index (χ4n) is 3.19. The van der Waals surface area contributed by atoms with Gasteiger partial charge in [0.2, 0.25) is 0 Å². The highest BCUT2D eigenvalue weighted by Gasteiger charge is 2.46. The number of hydrogen-bond acceptors (Lipinski definition) is 5. The van der Waals surface area contributed by atoms with Crippen LogP contribution in [0.5, 0.6) is 0 Å². The van der Waals surface area contributed by atoms with Crippen LogP contribution < -0.4 is 5.73 Å². The summed E-state index contributed by atoms with van der Waals surface area (Å²) in [7, 11) is 3.50. The lowest BCUT2D eigenvalue weighted by atomic mass is 9.83.